The van der Waals surface area contributed by atoms with Gasteiger partial charge in [-0.05, 0) is 31.7 Å². The lowest BCUT2D eigenvalue weighted by molar-refractivity contribution is 0.322. The maximum absolute atomic E-state index is 5.99. The summed E-state index contributed by atoms with van der Waals surface area (Å²) in [6.45, 7) is 4.77. The van der Waals surface area contributed by atoms with Crippen LogP contribution in [0.25, 0.3) is 0 Å². The maximum Gasteiger partial charge on any atom is 0.182 e. The van der Waals surface area contributed by atoms with E-state index in [2.05, 4.69) is 35.2 Å². The average Bonchev–Trinajstić information content (AvgIpc) is 2.77. The van der Waals surface area contributed by atoms with Crippen molar-refractivity contribution >= 4 is 28.1 Å². The Hall–Kier alpha value is -1.10. The quantitative estimate of drug-likeness (QED) is 0.877. The summed E-state index contributed by atoms with van der Waals surface area (Å²) in [6.07, 6.45) is 1.94. The molecular formula is C14H18ClN3S. The molecule has 1 aromatic carbocycles. The molecule has 0 aliphatic carbocycles. The lowest BCUT2D eigenvalue weighted by Crippen LogP contribution is -2.16. The molecule has 0 radical (unpaired) electrons. The fraction of sp³-hybridized carbons (Fsp3) is 0.357. The predicted molar refractivity (Wildman–Crippen MR) is 82.9 cm³/mol. The molecule has 0 saturated carbocycles. The van der Waals surface area contributed by atoms with Crippen LogP contribution in [0.15, 0.2) is 30.5 Å². The zero-order valence-electron chi connectivity index (χ0n) is 11.2. The van der Waals surface area contributed by atoms with E-state index in [0.29, 0.717) is 0 Å². The van der Waals surface area contributed by atoms with Crippen LogP contribution in [0.5, 0.6) is 0 Å². The third-order valence-corrected chi connectivity index (χ3v) is 3.82. The fourth-order valence-corrected chi connectivity index (χ4v) is 3.06. The zero-order valence-corrected chi connectivity index (χ0v) is 12.8. The Morgan fingerprint density at radius 2 is 2.21 bits per heavy atom. The van der Waals surface area contributed by atoms with Crippen molar-refractivity contribution in [3.05, 3.63) is 45.9 Å². The Labute approximate surface area is 123 Å². The molecule has 0 amide bonds. The molecule has 19 heavy (non-hydrogen) atoms. The van der Waals surface area contributed by atoms with Gasteiger partial charge < -0.3 is 5.32 Å². The Balaban J connectivity index is 1.91. The number of benzene rings is 1. The van der Waals surface area contributed by atoms with Gasteiger partial charge in [0.25, 0.3) is 0 Å². The van der Waals surface area contributed by atoms with Crippen LogP contribution in [0.4, 0.5) is 5.13 Å². The number of rotatable bonds is 6. The molecule has 1 heterocycles. The zero-order chi connectivity index (χ0) is 13.7. The summed E-state index contributed by atoms with van der Waals surface area (Å²) >= 11 is 7.70. The SMILES string of the molecule is CCNc1ncc(CN(C)Cc2cccc(Cl)c2)s1. The van der Waals surface area contributed by atoms with Crippen LogP contribution in [0.3, 0.4) is 0 Å². The lowest BCUT2D eigenvalue weighted by Gasteiger charge is -2.15. The Bertz CT molecular complexity index is 527. The van der Waals surface area contributed by atoms with Crippen molar-refractivity contribution in [1.82, 2.24) is 9.88 Å². The van der Waals surface area contributed by atoms with Gasteiger partial charge in [0, 0.05) is 35.7 Å². The van der Waals surface area contributed by atoms with Gasteiger partial charge in [0.05, 0.1) is 0 Å². The molecule has 0 aliphatic rings. The molecule has 5 heteroatoms. The maximum atomic E-state index is 5.99. The Morgan fingerprint density at radius 3 is 2.95 bits per heavy atom. The molecule has 0 spiro atoms. The first kappa shape index (κ1) is 14.3. The molecule has 3 nitrogen and oxygen atoms in total. The van der Waals surface area contributed by atoms with Gasteiger partial charge in [-0.2, -0.15) is 0 Å². The second-order valence-corrected chi connectivity index (χ2v) is 6.02. The van der Waals surface area contributed by atoms with Gasteiger partial charge in [0.15, 0.2) is 5.13 Å². The molecular weight excluding hydrogens is 278 g/mol. The van der Waals surface area contributed by atoms with Crippen molar-refractivity contribution in [1.29, 1.82) is 0 Å². The van der Waals surface area contributed by atoms with Crippen molar-refractivity contribution in [2.75, 3.05) is 18.9 Å². The van der Waals surface area contributed by atoms with Gasteiger partial charge in [-0.3, -0.25) is 4.90 Å². The number of halogens is 1. The third kappa shape index (κ3) is 4.49. The molecule has 0 unspecified atom stereocenters. The minimum Gasteiger partial charge on any atom is -0.362 e. The summed E-state index contributed by atoms with van der Waals surface area (Å²) in [5, 5.41) is 5.01. The molecule has 2 aromatic rings. The first-order valence-corrected chi connectivity index (χ1v) is 7.48. The van der Waals surface area contributed by atoms with Gasteiger partial charge in [0.1, 0.15) is 0 Å². The summed E-state index contributed by atoms with van der Waals surface area (Å²) in [6, 6.07) is 7.99. The number of hydrogen-bond donors (Lipinski definition) is 1. The van der Waals surface area contributed by atoms with Crippen LogP contribution >= 0.6 is 22.9 Å². The summed E-state index contributed by atoms with van der Waals surface area (Å²) < 4.78 is 0. The van der Waals surface area contributed by atoms with Crippen LogP contribution in [0.1, 0.15) is 17.4 Å². The molecule has 0 bridgehead atoms. The summed E-state index contributed by atoms with van der Waals surface area (Å²) in [4.78, 5) is 7.86. The van der Waals surface area contributed by atoms with Crippen LogP contribution in [0.2, 0.25) is 5.02 Å². The molecule has 0 fully saturated rings. The molecule has 0 aliphatic heterocycles. The monoisotopic (exact) mass is 295 g/mol. The van der Waals surface area contributed by atoms with Crippen LogP contribution in [-0.2, 0) is 13.1 Å². The average molecular weight is 296 g/mol. The van der Waals surface area contributed by atoms with Crippen molar-refractivity contribution in [3.8, 4) is 0 Å². The fourth-order valence-electron chi connectivity index (χ4n) is 1.88. The van der Waals surface area contributed by atoms with Crippen molar-refractivity contribution in [3.63, 3.8) is 0 Å². The van der Waals surface area contributed by atoms with Crippen molar-refractivity contribution in [2.24, 2.45) is 0 Å². The van der Waals surface area contributed by atoms with Gasteiger partial charge in [-0.25, -0.2) is 4.98 Å². The molecule has 2 rings (SSSR count). The van der Waals surface area contributed by atoms with Gasteiger partial charge in [-0.15, -0.1) is 11.3 Å². The van der Waals surface area contributed by atoms with Crippen LogP contribution in [-0.4, -0.2) is 23.5 Å². The van der Waals surface area contributed by atoms with E-state index in [1.165, 1.54) is 10.4 Å². The molecule has 0 saturated heterocycles. The topological polar surface area (TPSA) is 28.2 Å². The van der Waals surface area contributed by atoms with Gasteiger partial charge >= 0.3 is 0 Å². The minimum atomic E-state index is 0.790. The highest BCUT2D eigenvalue weighted by atomic mass is 35.5. The Morgan fingerprint density at radius 1 is 1.37 bits per heavy atom. The highest BCUT2D eigenvalue weighted by molar-refractivity contribution is 7.15. The van der Waals surface area contributed by atoms with Gasteiger partial charge in [-0.1, -0.05) is 23.7 Å². The predicted octanol–water partition coefficient (Wildman–Crippen LogP) is 3.86. The smallest absolute Gasteiger partial charge is 0.182 e. The summed E-state index contributed by atoms with van der Waals surface area (Å²) in [5.74, 6) is 0. The first-order chi connectivity index (χ1) is 9.17. The van der Waals surface area contributed by atoms with Crippen molar-refractivity contribution < 1.29 is 0 Å². The molecule has 1 aromatic heterocycles. The van der Waals surface area contributed by atoms with Crippen LogP contribution < -0.4 is 5.32 Å². The van der Waals surface area contributed by atoms with E-state index >= 15 is 0 Å². The van der Waals surface area contributed by atoms with Crippen LogP contribution in [0, 0.1) is 0 Å². The van der Waals surface area contributed by atoms with Gasteiger partial charge in [0.2, 0.25) is 0 Å². The number of thiazole rings is 1. The van der Waals surface area contributed by atoms with E-state index in [9.17, 15) is 0 Å². The van der Waals surface area contributed by atoms with E-state index in [0.717, 1.165) is 29.8 Å². The number of nitrogens with zero attached hydrogens (tertiary/aromatic N) is 2. The second-order valence-electron chi connectivity index (χ2n) is 4.46. The summed E-state index contributed by atoms with van der Waals surface area (Å²) in [7, 11) is 2.10. The number of hydrogen-bond acceptors (Lipinski definition) is 4. The minimum absolute atomic E-state index is 0.790. The number of aromatic nitrogens is 1. The van der Waals surface area contributed by atoms with Crippen molar-refractivity contribution in [2.45, 2.75) is 20.0 Å². The van der Waals surface area contributed by atoms with E-state index in [1.54, 1.807) is 11.3 Å². The highest BCUT2D eigenvalue weighted by Gasteiger charge is 2.06. The van der Waals surface area contributed by atoms with E-state index in [4.69, 9.17) is 11.6 Å². The largest absolute Gasteiger partial charge is 0.362 e. The third-order valence-electron chi connectivity index (χ3n) is 2.65. The Kier molecular flexibility index (Phi) is 5.19. The number of nitrogens with one attached hydrogen (secondary N) is 1. The first-order valence-electron chi connectivity index (χ1n) is 6.29. The standard InChI is InChI=1S/C14H18ClN3S/c1-3-16-14-17-8-13(19-14)10-18(2)9-11-5-4-6-12(15)7-11/h4-8H,3,9-10H2,1-2H3,(H,16,17). The molecule has 102 valence electrons. The number of anilines is 1. The van der Waals surface area contributed by atoms with E-state index in [-0.39, 0.29) is 0 Å². The molecule has 0 atom stereocenters. The second kappa shape index (κ2) is 6.89. The normalized spacial score (nSPS) is 10.9. The lowest BCUT2D eigenvalue weighted by atomic mass is 10.2. The molecule has 1 N–H and O–H groups in total. The highest BCUT2D eigenvalue weighted by Crippen LogP contribution is 2.20. The summed E-state index contributed by atoms with van der Waals surface area (Å²) in [5.41, 5.74) is 1.23. The van der Waals surface area contributed by atoms with E-state index < -0.39 is 0 Å². The van der Waals surface area contributed by atoms with E-state index in [1.807, 2.05) is 24.4 Å².